The molecule has 0 bridgehead atoms. The molecular weight excluding hydrogens is 204 g/mol. The van der Waals surface area contributed by atoms with E-state index in [9.17, 15) is 4.79 Å². The second kappa shape index (κ2) is 6.86. The average molecular weight is 228 g/mol. The maximum Gasteiger partial charge on any atom is 0.322 e. The highest BCUT2D eigenvalue weighted by atomic mass is 16.5. The van der Waals surface area contributed by atoms with Crippen molar-refractivity contribution in [2.75, 3.05) is 20.2 Å². The van der Waals surface area contributed by atoms with E-state index in [1.807, 2.05) is 0 Å². The van der Waals surface area contributed by atoms with Crippen molar-refractivity contribution in [3.8, 4) is 0 Å². The zero-order valence-electron chi connectivity index (χ0n) is 10.6. The largest absolute Gasteiger partial charge is 0.468 e. The van der Waals surface area contributed by atoms with Crippen LogP contribution in [0.2, 0.25) is 0 Å². The fraction of sp³-hybridized carbons (Fsp3) is 0.917. The van der Waals surface area contributed by atoms with Gasteiger partial charge >= 0.3 is 5.97 Å². The number of piperidine rings is 1. The molecule has 0 radical (unpaired) electrons. The number of carbonyl (C=O) groups excluding carboxylic acids is 1. The highest BCUT2D eigenvalue weighted by Gasteiger charge is 2.24. The van der Waals surface area contributed by atoms with E-state index < -0.39 is 0 Å². The van der Waals surface area contributed by atoms with Gasteiger partial charge in [-0.1, -0.05) is 13.8 Å². The second-order valence-electron chi connectivity index (χ2n) is 4.92. The Labute approximate surface area is 98.1 Å². The van der Waals surface area contributed by atoms with Crippen molar-refractivity contribution in [2.45, 2.75) is 45.2 Å². The topological polar surface area (TPSA) is 50.4 Å². The molecule has 2 atom stereocenters. The van der Waals surface area contributed by atoms with Crippen LogP contribution in [0.1, 0.15) is 33.1 Å². The first-order chi connectivity index (χ1) is 7.63. The van der Waals surface area contributed by atoms with Gasteiger partial charge in [0.15, 0.2) is 0 Å². The number of nitrogens with one attached hydrogen (secondary N) is 2. The summed E-state index contributed by atoms with van der Waals surface area (Å²) >= 11 is 0. The number of hydrogen-bond acceptors (Lipinski definition) is 4. The molecule has 0 spiro atoms. The van der Waals surface area contributed by atoms with Crippen molar-refractivity contribution in [2.24, 2.45) is 5.92 Å². The summed E-state index contributed by atoms with van der Waals surface area (Å²) < 4.78 is 4.83. The first-order valence-electron chi connectivity index (χ1n) is 6.18. The molecule has 0 saturated carbocycles. The fourth-order valence-corrected chi connectivity index (χ4v) is 2.12. The van der Waals surface area contributed by atoms with E-state index in [-0.39, 0.29) is 12.0 Å². The van der Waals surface area contributed by atoms with Gasteiger partial charge in [-0.3, -0.25) is 4.79 Å². The minimum Gasteiger partial charge on any atom is -0.468 e. The molecule has 4 nitrogen and oxygen atoms in total. The molecule has 2 N–H and O–H groups in total. The Morgan fingerprint density at radius 1 is 1.56 bits per heavy atom. The molecule has 1 aliphatic heterocycles. The van der Waals surface area contributed by atoms with E-state index in [1.165, 1.54) is 13.5 Å². The van der Waals surface area contributed by atoms with Crippen molar-refractivity contribution in [1.82, 2.24) is 10.6 Å². The van der Waals surface area contributed by atoms with Gasteiger partial charge in [-0.05, 0) is 31.7 Å². The Balaban J connectivity index is 2.44. The van der Waals surface area contributed by atoms with E-state index in [0.29, 0.717) is 12.0 Å². The van der Waals surface area contributed by atoms with Gasteiger partial charge in [-0.2, -0.15) is 0 Å². The summed E-state index contributed by atoms with van der Waals surface area (Å²) in [6.45, 7) is 6.28. The molecule has 1 fully saturated rings. The van der Waals surface area contributed by atoms with Crippen LogP contribution in [0.5, 0.6) is 0 Å². The van der Waals surface area contributed by atoms with E-state index in [4.69, 9.17) is 4.74 Å². The molecule has 16 heavy (non-hydrogen) atoms. The van der Waals surface area contributed by atoms with E-state index >= 15 is 0 Å². The molecule has 1 aliphatic rings. The summed E-state index contributed by atoms with van der Waals surface area (Å²) in [5.74, 6) is 0.354. The normalized spacial score (nSPS) is 23.1. The Hall–Kier alpha value is -0.610. The van der Waals surface area contributed by atoms with Gasteiger partial charge in [0.05, 0.1) is 7.11 Å². The summed E-state index contributed by atoms with van der Waals surface area (Å²) in [6.07, 6.45) is 3.15. The highest BCUT2D eigenvalue weighted by Crippen LogP contribution is 2.09. The molecule has 4 heteroatoms. The number of carbonyl (C=O) groups is 1. The lowest BCUT2D eigenvalue weighted by atomic mass is 10.0. The highest BCUT2D eigenvalue weighted by molar-refractivity contribution is 5.75. The predicted molar refractivity (Wildman–Crippen MR) is 64.3 cm³/mol. The zero-order valence-corrected chi connectivity index (χ0v) is 10.6. The maximum absolute atomic E-state index is 11.6. The molecular formula is C12H24N2O2. The first kappa shape index (κ1) is 13.5. The Bertz CT molecular complexity index is 213. The van der Waals surface area contributed by atoms with Crippen LogP contribution in [0, 0.1) is 5.92 Å². The Morgan fingerprint density at radius 3 is 2.81 bits per heavy atom. The molecule has 0 amide bonds. The standard InChI is InChI=1S/C12H24N2O2/c1-9(2)7-11(12(15)16-3)14-10-5-4-6-13-8-10/h9-11,13-14H,4-8H2,1-3H3. The second-order valence-corrected chi connectivity index (χ2v) is 4.92. The Morgan fingerprint density at radius 2 is 2.31 bits per heavy atom. The van der Waals surface area contributed by atoms with Crippen LogP contribution in [0.25, 0.3) is 0 Å². The quantitative estimate of drug-likeness (QED) is 0.687. The minimum absolute atomic E-state index is 0.140. The van der Waals surface area contributed by atoms with Gasteiger partial charge in [-0.25, -0.2) is 0 Å². The SMILES string of the molecule is COC(=O)C(CC(C)C)NC1CCCNC1. The average Bonchev–Trinajstić information content (AvgIpc) is 2.28. The Kier molecular flexibility index (Phi) is 5.77. The van der Waals surface area contributed by atoms with E-state index in [1.54, 1.807) is 0 Å². The summed E-state index contributed by atoms with van der Waals surface area (Å²) in [6, 6.07) is 0.242. The van der Waals surface area contributed by atoms with Crippen LogP contribution in [-0.4, -0.2) is 38.3 Å². The summed E-state index contributed by atoms with van der Waals surface area (Å²) in [5.41, 5.74) is 0. The van der Waals surface area contributed by atoms with E-state index in [0.717, 1.165) is 25.9 Å². The third-order valence-corrected chi connectivity index (χ3v) is 2.93. The fourth-order valence-electron chi connectivity index (χ4n) is 2.12. The van der Waals surface area contributed by atoms with Crippen molar-refractivity contribution in [3.63, 3.8) is 0 Å². The third-order valence-electron chi connectivity index (χ3n) is 2.93. The van der Waals surface area contributed by atoms with Gasteiger partial charge in [0.1, 0.15) is 6.04 Å². The summed E-state index contributed by atoms with van der Waals surface area (Å²) in [4.78, 5) is 11.6. The molecule has 0 aromatic heterocycles. The number of hydrogen-bond donors (Lipinski definition) is 2. The van der Waals surface area contributed by atoms with Gasteiger partial charge < -0.3 is 15.4 Å². The molecule has 0 aliphatic carbocycles. The molecule has 1 saturated heterocycles. The lowest BCUT2D eigenvalue weighted by Crippen LogP contribution is -2.50. The third kappa shape index (κ3) is 4.49. The minimum atomic E-state index is -0.158. The molecule has 0 aromatic carbocycles. The van der Waals surface area contributed by atoms with Crippen LogP contribution in [0.4, 0.5) is 0 Å². The van der Waals surface area contributed by atoms with Crippen LogP contribution in [0.15, 0.2) is 0 Å². The smallest absolute Gasteiger partial charge is 0.322 e. The molecule has 94 valence electrons. The van der Waals surface area contributed by atoms with Gasteiger partial charge in [0.2, 0.25) is 0 Å². The molecule has 1 heterocycles. The molecule has 1 rings (SSSR count). The lowest BCUT2D eigenvalue weighted by Gasteiger charge is -2.28. The number of ether oxygens (including phenoxy) is 1. The van der Waals surface area contributed by atoms with Crippen molar-refractivity contribution < 1.29 is 9.53 Å². The van der Waals surface area contributed by atoms with Crippen LogP contribution < -0.4 is 10.6 Å². The molecule has 0 aromatic rings. The van der Waals surface area contributed by atoms with Crippen molar-refractivity contribution >= 4 is 5.97 Å². The molecule has 2 unspecified atom stereocenters. The number of esters is 1. The summed E-state index contributed by atoms with van der Waals surface area (Å²) in [5, 5.41) is 6.74. The van der Waals surface area contributed by atoms with Gasteiger partial charge in [-0.15, -0.1) is 0 Å². The predicted octanol–water partition coefficient (Wildman–Crippen LogP) is 0.916. The number of methoxy groups -OCH3 is 1. The van der Waals surface area contributed by atoms with Gasteiger partial charge in [0, 0.05) is 12.6 Å². The maximum atomic E-state index is 11.6. The van der Waals surface area contributed by atoms with E-state index in [2.05, 4.69) is 24.5 Å². The van der Waals surface area contributed by atoms with Crippen LogP contribution in [0.3, 0.4) is 0 Å². The van der Waals surface area contributed by atoms with Crippen molar-refractivity contribution in [3.05, 3.63) is 0 Å². The summed E-state index contributed by atoms with van der Waals surface area (Å²) in [7, 11) is 1.45. The van der Waals surface area contributed by atoms with Crippen molar-refractivity contribution in [1.29, 1.82) is 0 Å². The van der Waals surface area contributed by atoms with Gasteiger partial charge in [0.25, 0.3) is 0 Å². The zero-order chi connectivity index (χ0) is 12.0. The lowest BCUT2D eigenvalue weighted by molar-refractivity contribution is -0.143. The number of rotatable bonds is 5. The van der Waals surface area contributed by atoms with Crippen LogP contribution >= 0.6 is 0 Å². The van der Waals surface area contributed by atoms with Crippen LogP contribution in [-0.2, 0) is 9.53 Å². The monoisotopic (exact) mass is 228 g/mol. The first-order valence-corrected chi connectivity index (χ1v) is 6.18.